The van der Waals surface area contributed by atoms with Crippen LogP contribution < -0.4 is 10.6 Å². The molecule has 1 saturated heterocycles. The van der Waals surface area contributed by atoms with Gasteiger partial charge in [-0.1, -0.05) is 12.8 Å². The molecule has 1 aliphatic rings. The summed E-state index contributed by atoms with van der Waals surface area (Å²) in [6.45, 7) is 3.16. The summed E-state index contributed by atoms with van der Waals surface area (Å²) >= 11 is 0. The van der Waals surface area contributed by atoms with Gasteiger partial charge in [-0.3, -0.25) is 0 Å². The molecule has 1 aromatic carbocycles. The Morgan fingerprint density at radius 1 is 1.26 bits per heavy atom. The van der Waals surface area contributed by atoms with E-state index in [0.29, 0.717) is 11.7 Å². The lowest BCUT2D eigenvalue weighted by molar-refractivity contribution is 0.455. The van der Waals surface area contributed by atoms with E-state index in [-0.39, 0.29) is 6.04 Å². The van der Waals surface area contributed by atoms with Gasteiger partial charge in [0.25, 0.3) is 0 Å². The van der Waals surface area contributed by atoms with Crippen molar-refractivity contribution < 1.29 is 8.78 Å². The molecule has 106 valence electrons. The van der Waals surface area contributed by atoms with Gasteiger partial charge in [0.05, 0.1) is 0 Å². The Morgan fingerprint density at radius 2 is 2.11 bits per heavy atom. The molecule has 19 heavy (non-hydrogen) atoms. The van der Waals surface area contributed by atoms with Crippen LogP contribution in [0.4, 0.5) is 14.5 Å². The molecule has 2 nitrogen and oxygen atoms in total. The Hall–Kier alpha value is -1.16. The first-order valence-electron chi connectivity index (χ1n) is 7.10. The van der Waals surface area contributed by atoms with E-state index in [0.717, 1.165) is 19.0 Å². The van der Waals surface area contributed by atoms with Crippen molar-refractivity contribution in [3.05, 3.63) is 29.8 Å². The highest BCUT2D eigenvalue weighted by atomic mass is 19.2. The van der Waals surface area contributed by atoms with Crippen molar-refractivity contribution in [2.75, 3.05) is 11.9 Å². The zero-order chi connectivity index (χ0) is 13.7. The van der Waals surface area contributed by atoms with E-state index in [1.807, 2.05) is 0 Å². The summed E-state index contributed by atoms with van der Waals surface area (Å²) in [4.78, 5) is 0. The van der Waals surface area contributed by atoms with Crippen LogP contribution in [0.15, 0.2) is 18.2 Å². The van der Waals surface area contributed by atoms with Gasteiger partial charge in [0, 0.05) is 23.8 Å². The fraction of sp³-hybridized carbons (Fsp3) is 0.600. The number of halogens is 2. The first kappa shape index (κ1) is 14.3. The average molecular weight is 268 g/mol. The minimum absolute atomic E-state index is 0.237. The van der Waals surface area contributed by atoms with Crippen LogP contribution in [0.2, 0.25) is 0 Å². The Labute approximate surface area is 113 Å². The molecule has 0 amide bonds. The maximum atomic E-state index is 13.1. The summed E-state index contributed by atoms with van der Waals surface area (Å²) < 4.78 is 26.0. The molecule has 2 N–H and O–H groups in total. The summed E-state index contributed by atoms with van der Waals surface area (Å²) in [5.74, 6) is -1.60. The first-order chi connectivity index (χ1) is 9.15. The van der Waals surface area contributed by atoms with Gasteiger partial charge >= 0.3 is 0 Å². The number of hydrogen-bond acceptors (Lipinski definition) is 2. The van der Waals surface area contributed by atoms with Crippen LogP contribution in [0, 0.1) is 11.6 Å². The molecule has 0 aromatic heterocycles. The van der Waals surface area contributed by atoms with Crippen LogP contribution in [0.25, 0.3) is 0 Å². The van der Waals surface area contributed by atoms with Crippen LogP contribution in [0.5, 0.6) is 0 Å². The molecule has 1 heterocycles. The van der Waals surface area contributed by atoms with E-state index in [2.05, 4.69) is 17.6 Å². The molecule has 4 heteroatoms. The van der Waals surface area contributed by atoms with E-state index in [1.54, 1.807) is 6.07 Å². The number of nitrogens with one attached hydrogen (secondary N) is 2. The van der Waals surface area contributed by atoms with Crippen LogP contribution in [-0.2, 0) is 0 Å². The van der Waals surface area contributed by atoms with Crippen molar-refractivity contribution in [1.82, 2.24) is 5.32 Å². The maximum absolute atomic E-state index is 13.1. The van der Waals surface area contributed by atoms with Crippen molar-refractivity contribution in [2.24, 2.45) is 0 Å². The summed E-state index contributed by atoms with van der Waals surface area (Å²) in [6.07, 6.45) is 6.02. The van der Waals surface area contributed by atoms with E-state index >= 15 is 0 Å². The van der Waals surface area contributed by atoms with Crippen molar-refractivity contribution in [1.29, 1.82) is 0 Å². The predicted molar refractivity (Wildman–Crippen MR) is 74.3 cm³/mol. The zero-order valence-corrected chi connectivity index (χ0v) is 11.4. The van der Waals surface area contributed by atoms with Crippen LogP contribution >= 0.6 is 0 Å². The van der Waals surface area contributed by atoms with Crippen molar-refractivity contribution in [2.45, 2.75) is 51.1 Å². The molecule has 1 aromatic rings. The molecule has 0 aliphatic carbocycles. The highest BCUT2D eigenvalue weighted by Gasteiger charge is 2.15. The lowest BCUT2D eigenvalue weighted by Crippen LogP contribution is -2.33. The van der Waals surface area contributed by atoms with Crippen LogP contribution in [-0.4, -0.2) is 18.6 Å². The van der Waals surface area contributed by atoms with Crippen LogP contribution in [0.3, 0.4) is 0 Å². The summed E-state index contributed by atoms with van der Waals surface area (Å²) in [6, 6.07) is 4.71. The van der Waals surface area contributed by atoms with E-state index in [1.165, 1.54) is 31.7 Å². The topological polar surface area (TPSA) is 24.1 Å². The van der Waals surface area contributed by atoms with Gasteiger partial charge < -0.3 is 10.6 Å². The monoisotopic (exact) mass is 268 g/mol. The van der Waals surface area contributed by atoms with Crippen LogP contribution in [0.1, 0.15) is 39.0 Å². The van der Waals surface area contributed by atoms with Gasteiger partial charge in [0.1, 0.15) is 0 Å². The number of anilines is 1. The highest BCUT2D eigenvalue weighted by Crippen LogP contribution is 2.17. The fourth-order valence-electron chi connectivity index (χ4n) is 2.66. The van der Waals surface area contributed by atoms with Gasteiger partial charge in [0.15, 0.2) is 11.6 Å². The summed E-state index contributed by atoms with van der Waals surface area (Å²) in [5.41, 5.74) is 0.639. The number of hydrogen-bond donors (Lipinski definition) is 2. The molecule has 0 saturated carbocycles. The minimum Gasteiger partial charge on any atom is -0.382 e. The SMILES string of the molecule is CC(CC1CCCCCN1)Nc1ccc(F)c(F)c1. The molecule has 2 unspecified atom stereocenters. The standard InChI is InChI=1S/C15H22F2N2/c1-11(9-12-5-3-2-4-8-18-12)19-13-6-7-14(16)15(17)10-13/h6-7,10-12,18-19H,2-5,8-9H2,1H3. The fourth-order valence-corrected chi connectivity index (χ4v) is 2.66. The third-order valence-electron chi connectivity index (χ3n) is 3.63. The van der Waals surface area contributed by atoms with Gasteiger partial charge in [-0.15, -0.1) is 0 Å². The normalized spacial score (nSPS) is 21.7. The largest absolute Gasteiger partial charge is 0.382 e. The molecule has 2 atom stereocenters. The third-order valence-corrected chi connectivity index (χ3v) is 3.63. The predicted octanol–water partition coefficient (Wildman–Crippen LogP) is 3.69. The Kier molecular flexibility index (Phi) is 5.14. The quantitative estimate of drug-likeness (QED) is 0.870. The molecule has 0 bridgehead atoms. The lowest BCUT2D eigenvalue weighted by Gasteiger charge is -2.22. The molecular formula is C15H22F2N2. The minimum atomic E-state index is -0.802. The average Bonchev–Trinajstić information content (AvgIpc) is 2.62. The van der Waals surface area contributed by atoms with E-state index in [9.17, 15) is 8.78 Å². The maximum Gasteiger partial charge on any atom is 0.160 e. The first-order valence-corrected chi connectivity index (χ1v) is 7.10. The molecule has 1 aliphatic heterocycles. The Bertz CT molecular complexity index is 401. The van der Waals surface area contributed by atoms with Gasteiger partial charge in [-0.2, -0.15) is 0 Å². The Morgan fingerprint density at radius 3 is 2.89 bits per heavy atom. The molecular weight excluding hydrogens is 246 g/mol. The summed E-state index contributed by atoms with van der Waals surface area (Å²) in [5, 5.41) is 6.78. The zero-order valence-electron chi connectivity index (χ0n) is 11.4. The second-order valence-corrected chi connectivity index (χ2v) is 5.41. The molecule has 2 rings (SSSR count). The second kappa shape index (κ2) is 6.85. The molecule has 0 spiro atoms. The van der Waals surface area contributed by atoms with Crippen molar-refractivity contribution in [3.8, 4) is 0 Å². The second-order valence-electron chi connectivity index (χ2n) is 5.41. The van der Waals surface area contributed by atoms with Crippen molar-refractivity contribution >= 4 is 5.69 Å². The Balaban J connectivity index is 1.85. The number of rotatable bonds is 4. The highest BCUT2D eigenvalue weighted by molar-refractivity contribution is 5.44. The number of benzene rings is 1. The van der Waals surface area contributed by atoms with Gasteiger partial charge in [-0.25, -0.2) is 8.78 Å². The molecule has 0 radical (unpaired) electrons. The van der Waals surface area contributed by atoms with Gasteiger partial charge in [0.2, 0.25) is 0 Å². The lowest BCUT2D eigenvalue weighted by atomic mass is 10.0. The summed E-state index contributed by atoms with van der Waals surface area (Å²) in [7, 11) is 0. The van der Waals surface area contributed by atoms with Gasteiger partial charge in [-0.05, 0) is 44.9 Å². The van der Waals surface area contributed by atoms with E-state index in [4.69, 9.17) is 0 Å². The van der Waals surface area contributed by atoms with Crippen molar-refractivity contribution in [3.63, 3.8) is 0 Å². The smallest absolute Gasteiger partial charge is 0.160 e. The molecule has 1 fully saturated rings. The van der Waals surface area contributed by atoms with E-state index < -0.39 is 11.6 Å². The third kappa shape index (κ3) is 4.46.